The van der Waals surface area contributed by atoms with Gasteiger partial charge in [-0.2, -0.15) is 5.26 Å². The second-order valence-corrected chi connectivity index (χ2v) is 6.72. The van der Waals surface area contributed by atoms with E-state index < -0.39 is 11.7 Å². The number of benzene rings is 2. The van der Waals surface area contributed by atoms with Crippen molar-refractivity contribution in [2.45, 2.75) is 26.4 Å². The van der Waals surface area contributed by atoms with Gasteiger partial charge in [-0.05, 0) is 50.3 Å². The quantitative estimate of drug-likeness (QED) is 0.581. The fourth-order valence-corrected chi connectivity index (χ4v) is 3.11. The largest absolute Gasteiger partial charge is 0.493 e. The molecule has 1 atom stereocenters. The monoisotopic (exact) mass is 400 g/mol. The van der Waals surface area contributed by atoms with Crippen LogP contribution >= 0.6 is 11.6 Å². The van der Waals surface area contributed by atoms with Crippen molar-refractivity contribution < 1.29 is 18.7 Å². The highest BCUT2D eigenvalue weighted by atomic mass is 35.5. The van der Waals surface area contributed by atoms with Gasteiger partial charge < -0.3 is 14.8 Å². The van der Waals surface area contributed by atoms with Crippen LogP contribution in [0.15, 0.2) is 35.9 Å². The van der Waals surface area contributed by atoms with Crippen LogP contribution in [0.3, 0.4) is 0 Å². The van der Waals surface area contributed by atoms with E-state index in [-0.39, 0.29) is 22.4 Å². The van der Waals surface area contributed by atoms with Crippen LogP contribution in [0.4, 0.5) is 10.1 Å². The number of anilines is 1. The molecule has 1 aliphatic heterocycles. The Hall–Kier alpha value is -3.04. The lowest BCUT2D eigenvalue weighted by Gasteiger charge is -2.11. The third kappa shape index (κ3) is 4.26. The van der Waals surface area contributed by atoms with Crippen molar-refractivity contribution in [3.8, 4) is 17.6 Å². The van der Waals surface area contributed by atoms with Crippen LogP contribution in [0.1, 0.15) is 25.0 Å². The molecule has 0 saturated carbocycles. The minimum Gasteiger partial charge on any atom is -0.493 e. The highest BCUT2D eigenvalue weighted by Crippen LogP contribution is 2.36. The summed E-state index contributed by atoms with van der Waals surface area (Å²) in [4.78, 5) is 12.5. The zero-order chi connectivity index (χ0) is 20.3. The van der Waals surface area contributed by atoms with Gasteiger partial charge in [-0.1, -0.05) is 11.6 Å². The van der Waals surface area contributed by atoms with E-state index in [2.05, 4.69) is 5.32 Å². The normalized spacial score (nSPS) is 15.4. The molecule has 1 unspecified atom stereocenters. The minimum atomic E-state index is -0.637. The molecule has 1 amide bonds. The standard InChI is InChI=1S/C21H18ClFN2O3/c1-3-27-19-8-13-6-12(2)28-20(13)9-14(19)7-15(11-24)21(26)25-16-4-5-18(23)17(22)10-16/h4-5,7-10,12H,3,6H2,1-2H3,(H,25,26)/b15-7+. The number of rotatable bonds is 5. The lowest BCUT2D eigenvalue weighted by atomic mass is 10.0. The second kappa shape index (κ2) is 8.32. The molecular formula is C21H18ClFN2O3. The van der Waals surface area contributed by atoms with Crippen molar-refractivity contribution in [3.63, 3.8) is 0 Å². The number of halogens is 2. The molecule has 1 N–H and O–H groups in total. The smallest absolute Gasteiger partial charge is 0.266 e. The van der Waals surface area contributed by atoms with Gasteiger partial charge in [0.2, 0.25) is 0 Å². The van der Waals surface area contributed by atoms with Gasteiger partial charge in [0.05, 0.1) is 11.6 Å². The number of carbonyl (C=O) groups excluding carboxylic acids is 1. The van der Waals surface area contributed by atoms with E-state index >= 15 is 0 Å². The van der Waals surface area contributed by atoms with E-state index in [1.54, 1.807) is 6.07 Å². The number of nitrogens with zero attached hydrogens (tertiary/aromatic N) is 1. The molecule has 0 radical (unpaired) electrons. The number of nitrogens with one attached hydrogen (secondary N) is 1. The predicted octanol–water partition coefficient (Wildman–Crippen LogP) is 4.75. The Morgan fingerprint density at radius 3 is 2.93 bits per heavy atom. The molecule has 2 aromatic rings. The van der Waals surface area contributed by atoms with E-state index in [1.165, 1.54) is 18.2 Å². The fourth-order valence-electron chi connectivity index (χ4n) is 2.92. The van der Waals surface area contributed by atoms with Crippen molar-refractivity contribution in [2.75, 3.05) is 11.9 Å². The van der Waals surface area contributed by atoms with Crippen molar-refractivity contribution in [2.24, 2.45) is 0 Å². The van der Waals surface area contributed by atoms with Crippen LogP contribution in [0.5, 0.6) is 11.5 Å². The Kier molecular flexibility index (Phi) is 5.86. The first-order valence-corrected chi connectivity index (χ1v) is 9.13. The topological polar surface area (TPSA) is 71.3 Å². The van der Waals surface area contributed by atoms with Gasteiger partial charge in [-0.3, -0.25) is 4.79 Å². The SMILES string of the molecule is CCOc1cc2c(cc1/C=C(\C#N)C(=O)Nc1ccc(F)c(Cl)c1)OC(C)C2. The van der Waals surface area contributed by atoms with Gasteiger partial charge in [0.15, 0.2) is 0 Å². The average Bonchev–Trinajstić information content (AvgIpc) is 3.01. The third-order valence-electron chi connectivity index (χ3n) is 4.17. The van der Waals surface area contributed by atoms with Gasteiger partial charge in [0, 0.05) is 23.2 Å². The highest BCUT2D eigenvalue weighted by Gasteiger charge is 2.22. The van der Waals surface area contributed by atoms with Crippen LogP contribution < -0.4 is 14.8 Å². The van der Waals surface area contributed by atoms with Gasteiger partial charge in [-0.15, -0.1) is 0 Å². The summed E-state index contributed by atoms with van der Waals surface area (Å²) in [7, 11) is 0. The van der Waals surface area contributed by atoms with Crippen LogP contribution in [-0.4, -0.2) is 18.6 Å². The molecule has 2 aromatic carbocycles. The van der Waals surface area contributed by atoms with Gasteiger partial charge >= 0.3 is 0 Å². The molecule has 0 aromatic heterocycles. The number of fused-ring (bicyclic) bond motifs is 1. The molecule has 1 heterocycles. The molecule has 0 fully saturated rings. The fraction of sp³-hybridized carbons (Fsp3) is 0.238. The summed E-state index contributed by atoms with van der Waals surface area (Å²) in [6.07, 6.45) is 2.28. The second-order valence-electron chi connectivity index (χ2n) is 6.32. The number of amides is 1. The number of nitriles is 1. The number of carbonyl (C=O) groups is 1. The zero-order valence-corrected chi connectivity index (χ0v) is 16.1. The maximum absolute atomic E-state index is 13.3. The summed E-state index contributed by atoms with van der Waals surface area (Å²) in [5.74, 6) is 0.0568. The highest BCUT2D eigenvalue weighted by molar-refractivity contribution is 6.31. The molecule has 28 heavy (non-hydrogen) atoms. The maximum atomic E-state index is 13.3. The van der Waals surface area contributed by atoms with Gasteiger partial charge in [0.25, 0.3) is 5.91 Å². The molecule has 3 rings (SSSR count). The summed E-state index contributed by atoms with van der Waals surface area (Å²) in [6, 6.07) is 9.31. The molecular weight excluding hydrogens is 383 g/mol. The zero-order valence-electron chi connectivity index (χ0n) is 15.4. The first kappa shape index (κ1) is 19.7. The summed E-state index contributed by atoms with van der Waals surface area (Å²) in [5.41, 5.74) is 1.75. The van der Waals surface area contributed by atoms with E-state index in [4.69, 9.17) is 21.1 Å². The summed E-state index contributed by atoms with van der Waals surface area (Å²) in [6.45, 7) is 4.27. The lowest BCUT2D eigenvalue weighted by Crippen LogP contribution is -2.13. The van der Waals surface area contributed by atoms with E-state index in [9.17, 15) is 14.4 Å². The lowest BCUT2D eigenvalue weighted by molar-refractivity contribution is -0.112. The molecule has 1 aliphatic rings. The Morgan fingerprint density at radius 1 is 1.46 bits per heavy atom. The summed E-state index contributed by atoms with van der Waals surface area (Å²) >= 11 is 5.73. The number of hydrogen-bond acceptors (Lipinski definition) is 4. The van der Waals surface area contributed by atoms with Gasteiger partial charge in [-0.25, -0.2) is 4.39 Å². The molecule has 0 aliphatic carbocycles. The molecule has 144 valence electrons. The molecule has 0 saturated heterocycles. The third-order valence-corrected chi connectivity index (χ3v) is 4.46. The van der Waals surface area contributed by atoms with Crippen LogP contribution in [0.2, 0.25) is 5.02 Å². The Bertz CT molecular complexity index is 998. The van der Waals surface area contributed by atoms with Crippen LogP contribution in [-0.2, 0) is 11.2 Å². The van der Waals surface area contributed by atoms with Crippen molar-refractivity contribution in [1.82, 2.24) is 0 Å². The minimum absolute atomic E-state index is 0.0608. The van der Waals surface area contributed by atoms with Crippen LogP contribution in [0, 0.1) is 17.1 Å². The maximum Gasteiger partial charge on any atom is 0.266 e. The number of hydrogen-bond donors (Lipinski definition) is 1. The molecule has 0 bridgehead atoms. The first-order valence-electron chi connectivity index (χ1n) is 8.75. The Labute approximate surface area is 167 Å². The van der Waals surface area contributed by atoms with E-state index in [0.29, 0.717) is 23.7 Å². The molecule has 7 heteroatoms. The van der Waals surface area contributed by atoms with Crippen molar-refractivity contribution in [3.05, 3.63) is 57.9 Å². The molecule has 0 spiro atoms. The average molecular weight is 401 g/mol. The Balaban J connectivity index is 1.91. The number of ether oxygens (including phenoxy) is 2. The van der Waals surface area contributed by atoms with Crippen LogP contribution in [0.25, 0.3) is 6.08 Å². The van der Waals surface area contributed by atoms with Crippen molar-refractivity contribution in [1.29, 1.82) is 5.26 Å². The van der Waals surface area contributed by atoms with E-state index in [0.717, 1.165) is 18.1 Å². The Morgan fingerprint density at radius 2 is 2.25 bits per heavy atom. The van der Waals surface area contributed by atoms with Gasteiger partial charge in [0.1, 0.15) is 35.1 Å². The summed E-state index contributed by atoms with van der Waals surface area (Å²) in [5, 5.41) is 11.9. The predicted molar refractivity (Wildman–Crippen MR) is 105 cm³/mol. The van der Waals surface area contributed by atoms with Crippen molar-refractivity contribution >= 4 is 29.3 Å². The molecule has 5 nitrogen and oxygen atoms in total. The van der Waals surface area contributed by atoms with E-state index in [1.807, 2.05) is 26.0 Å². The summed E-state index contributed by atoms with van der Waals surface area (Å²) < 4.78 is 24.7. The first-order chi connectivity index (χ1) is 13.4.